The second-order valence-electron chi connectivity index (χ2n) is 8.88. The van der Waals surface area contributed by atoms with E-state index in [4.69, 9.17) is 4.74 Å². The fourth-order valence-corrected chi connectivity index (χ4v) is 6.42. The Hall–Kier alpha value is -2.49. The summed E-state index contributed by atoms with van der Waals surface area (Å²) in [6.07, 6.45) is 8.85. The summed E-state index contributed by atoms with van der Waals surface area (Å²) in [5, 5.41) is 5.48. The van der Waals surface area contributed by atoms with Crippen molar-refractivity contribution in [2.75, 3.05) is 12.4 Å². The van der Waals surface area contributed by atoms with Gasteiger partial charge in [-0.3, -0.25) is 4.98 Å². The van der Waals surface area contributed by atoms with Gasteiger partial charge in [0.2, 0.25) is 10.0 Å². The lowest BCUT2D eigenvalue weighted by molar-refractivity contribution is 0.0255. The second kappa shape index (κ2) is 11.8. The maximum absolute atomic E-state index is 13.3. The molecule has 2 atom stereocenters. The smallest absolute Gasteiger partial charge is 0.319 e. The highest BCUT2D eigenvalue weighted by Gasteiger charge is 2.41. The number of hydrogen-bond acceptors (Lipinski definition) is 5. The number of amides is 2. The van der Waals surface area contributed by atoms with E-state index in [1.54, 1.807) is 37.7 Å². The number of carbonyl (C=O) groups excluding carboxylic acids is 1. The van der Waals surface area contributed by atoms with Gasteiger partial charge in [-0.15, -0.1) is 0 Å². The van der Waals surface area contributed by atoms with E-state index < -0.39 is 15.6 Å². The number of anilines is 1. The van der Waals surface area contributed by atoms with Crippen LogP contribution in [0.4, 0.5) is 10.5 Å². The lowest BCUT2D eigenvalue weighted by Crippen LogP contribution is -2.54. The summed E-state index contributed by atoms with van der Waals surface area (Å²) in [6.45, 7) is 4.43. The molecule has 1 aliphatic rings. The third kappa shape index (κ3) is 6.55. The molecule has 0 bridgehead atoms. The molecule has 34 heavy (non-hydrogen) atoms. The maximum Gasteiger partial charge on any atom is 0.319 e. The van der Waals surface area contributed by atoms with Crippen molar-refractivity contribution < 1.29 is 17.9 Å². The number of methoxy groups -OCH3 is 1. The van der Waals surface area contributed by atoms with Crippen molar-refractivity contribution in [3.05, 3.63) is 54.4 Å². The Labute approximate surface area is 202 Å². The van der Waals surface area contributed by atoms with E-state index in [0.717, 1.165) is 31.2 Å². The van der Waals surface area contributed by atoms with Gasteiger partial charge in [-0.25, -0.2) is 17.9 Å². The van der Waals surface area contributed by atoms with Crippen molar-refractivity contribution in [2.45, 2.75) is 75.5 Å². The number of hydrogen-bond donors (Lipinski definition) is 3. The van der Waals surface area contributed by atoms with Crippen molar-refractivity contribution in [1.82, 2.24) is 15.0 Å². The van der Waals surface area contributed by atoms with Crippen LogP contribution in [0.15, 0.2) is 53.7 Å². The molecule has 9 heteroatoms. The molecule has 3 rings (SSSR count). The van der Waals surface area contributed by atoms with Gasteiger partial charge in [0, 0.05) is 37.3 Å². The zero-order valence-corrected chi connectivity index (χ0v) is 21.0. The largest absolute Gasteiger partial charge is 0.381 e. The highest BCUT2D eigenvalue weighted by Crippen LogP contribution is 2.38. The summed E-state index contributed by atoms with van der Waals surface area (Å²) < 4.78 is 35.2. The van der Waals surface area contributed by atoms with Crippen LogP contribution in [-0.4, -0.2) is 38.2 Å². The number of rotatable bonds is 10. The average molecular weight is 489 g/mol. The lowest BCUT2D eigenvalue weighted by atomic mass is 9.71. The first kappa shape index (κ1) is 26.1. The van der Waals surface area contributed by atoms with Gasteiger partial charge in [0.1, 0.15) is 0 Å². The molecule has 1 aromatic carbocycles. The molecule has 186 valence electrons. The molecule has 0 saturated heterocycles. The molecule has 1 heterocycles. The standard InChI is InChI=1S/C25H36N4O4S/c1-4-25(5-2,20-9-6-10-22(16-20)33-3)29-34(31,32)23-13-11-21(12-14-23)28-24(30)27-18-19-8-7-15-26-17-19/h7-8,11-15,17,20,22,29H,4-6,9-10,16,18H2,1-3H3,(H2,27,28,30). The van der Waals surface area contributed by atoms with Gasteiger partial charge in [-0.05, 0) is 73.9 Å². The maximum atomic E-state index is 13.3. The normalized spacial score (nSPS) is 18.9. The molecular weight excluding hydrogens is 452 g/mol. The van der Waals surface area contributed by atoms with Crippen LogP contribution in [0.2, 0.25) is 0 Å². The molecule has 1 aliphatic carbocycles. The number of pyridine rings is 1. The van der Waals surface area contributed by atoms with Crippen molar-refractivity contribution in [2.24, 2.45) is 5.92 Å². The summed E-state index contributed by atoms with van der Waals surface area (Å²) in [5.41, 5.74) is 0.879. The van der Waals surface area contributed by atoms with Crippen LogP contribution >= 0.6 is 0 Å². The van der Waals surface area contributed by atoms with Gasteiger partial charge < -0.3 is 15.4 Å². The number of benzene rings is 1. The molecule has 8 nitrogen and oxygen atoms in total. The lowest BCUT2D eigenvalue weighted by Gasteiger charge is -2.43. The van der Waals surface area contributed by atoms with Crippen LogP contribution in [0.5, 0.6) is 0 Å². The van der Waals surface area contributed by atoms with Crippen LogP contribution in [-0.2, 0) is 21.3 Å². The SMILES string of the molecule is CCC(CC)(NS(=O)(=O)c1ccc(NC(=O)NCc2cccnc2)cc1)C1CCCC(OC)C1. The van der Waals surface area contributed by atoms with Gasteiger partial charge in [-0.1, -0.05) is 26.3 Å². The van der Waals surface area contributed by atoms with E-state index in [9.17, 15) is 13.2 Å². The van der Waals surface area contributed by atoms with Crippen LogP contribution in [0.3, 0.4) is 0 Å². The predicted molar refractivity (Wildman–Crippen MR) is 133 cm³/mol. The Morgan fingerprint density at radius 2 is 1.88 bits per heavy atom. The van der Waals surface area contributed by atoms with Gasteiger partial charge in [0.05, 0.1) is 11.0 Å². The van der Waals surface area contributed by atoms with Crippen LogP contribution in [0.1, 0.15) is 57.9 Å². The Balaban J connectivity index is 1.65. The summed E-state index contributed by atoms with van der Waals surface area (Å²) >= 11 is 0. The topological polar surface area (TPSA) is 109 Å². The molecule has 1 aromatic heterocycles. The molecule has 1 fully saturated rings. The predicted octanol–water partition coefficient (Wildman–Crippen LogP) is 4.45. The molecule has 2 aromatic rings. The third-order valence-corrected chi connectivity index (χ3v) is 8.51. The van der Waals surface area contributed by atoms with Crippen LogP contribution < -0.4 is 15.4 Å². The van der Waals surface area contributed by atoms with Gasteiger partial charge in [0.25, 0.3) is 0 Å². The number of nitrogens with one attached hydrogen (secondary N) is 3. The monoisotopic (exact) mass is 488 g/mol. The first-order valence-electron chi connectivity index (χ1n) is 11.9. The van der Waals surface area contributed by atoms with E-state index >= 15 is 0 Å². The Morgan fingerprint density at radius 1 is 1.15 bits per heavy atom. The zero-order valence-electron chi connectivity index (χ0n) is 20.2. The van der Waals surface area contributed by atoms with E-state index in [0.29, 0.717) is 25.1 Å². The molecule has 2 unspecified atom stereocenters. The van der Waals surface area contributed by atoms with E-state index in [-0.39, 0.29) is 22.9 Å². The third-order valence-electron chi connectivity index (χ3n) is 6.94. The van der Waals surface area contributed by atoms with Crippen LogP contribution in [0.25, 0.3) is 0 Å². The number of nitrogens with zero attached hydrogens (tertiary/aromatic N) is 1. The minimum Gasteiger partial charge on any atom is -0.381 e. The van der Waals surface area contributed by atoms with Crippen molar-refractivity contribution in [3.63, 3.8) is 0 Å². The first-order chi connectivity index (χ1) is 16.3. The Bertz CT molecular complexity index is 1020. The summed E-state index contributed by atoms with van der Waals surface area (Å²) in [7, 11) is -2.01. The number of urea groups is 1. The molecule has 1 saturated carbocycles. The molecule has 0 aliphatic heterocycles. The van der Waals surface area contributed by atoms with E-state index in [2.05, 4.69) is 20.3 Å². The minimum atomic E-state index is -3.73. The second-order valence-corrected chi connectivity index (χ2v) is 10.6. The van der Waals surface area contributed by atoms with Crippen molar-refractivity contribution in [3.8, 4) is 0 Å². The molecule has 2 amide bonds. The van der Waals surface area contributed by atoms with Crippen LogP contribution in [0, 0.1) is 5.92 Å². The van der Waals surface area contributed by atoms with Crippen molar-refractivity contribution >= 4 is 21.7 Å². The van der Waals surface area contributed by atoms with Crippen molar-refractivity contribution in [1.29, 1.82) is 0 Å². The highest BCUT2D eigenvalue weighted by atomic mass is 32.2. The van der Waals surface area contributed by atoms with Gasteiger partial charge in [-0.2, -0.15) is 0 Å². The average Bonchev–Trinajstić information content (AvgIpc) is 2.87. The highest BCUT2D eigenvalue weighted by molar-refractivity contribution is 7.89. The van der Waals surface area contributed by atoms with E-state index in [1.807, 2.05) is 19.9 Å². The number of ether oxygens (including phenoxy) is 1. The minimum absolute atomic E-state index is 0.176. The molecule has 0 radical (unpaired) electrons. The molecule has 0 spiro atoms. The Kier molecular flexibility index (Phi) is 9.04. The Morgan fingerprint density at radius 3 is 2.50 bits per heavy atom. The summed E-state index contributed by atoms with van der Waals surface area (Å²) in [6, 6.07) is 9.53. The fraction of sp³-hybridized carbons (Fsp3) is 0.520. The number of aromatic nitrogens is 1. The molecule has 3 N–H and O–H groups in total. The first-order valence-corrected chi connectivity index (χ1v) is 13.4. The number of carbonyl (C=O) groups is 1. The zero-order chi connectivity index (χ0) is 24.6. The summed E-state index contributed by atoms with van der Waals surface area (Å²) in [4.78, 5) is 16.4. The quantitative estimate of drug-likeness (QED) is 0.458. The van der Waals surface area contributed by atoms with Gasteiger partial charge in [0.15, 0.2) is 0 Å². The van der Waals surface area contributed by atoms with E-state index in [1.165, 1.54) is 12.1 Å². The summed E-state index contributed by atoms with van der Waals surface area (Å²) in [5.74, 6) is 0.223. The fourth-order valence-electron chi connectivity index (χ4n) is 4.82. The molecular formula is C25H36N4O4S. The van der Waals surface area contributed by atoms with Gasteiger partial charge >= 0.3 is 6.03 Å². The number of sulfonamides is 1.